The fourth-order valence-electron chi connectivity index (χ4n) is 2.13. The monoisotopic (exact) mass is 274 g/mol. The van der Waals surface area contributed by atoms with E-state index < -0.39 is 0 Å². The summed E-state index contributed by atoms with van der Waals surface area (Å²) in [6, 6.07) is 4.44. The molecule has 0 saturated carbocycles. The van der Waals surface area contributed by atoms with Gasteiger partial charge in [-0.2, -0.15) is 10.4 Å². The van der Waals surface area contributed by atoms with E-state index in [1.54, 1.807) is 11.3 Å². The van der Waals surface area contributed by atoms with Crippen LogP contribution >= 0.6 is 11.3 Å². The highest BCUT2D eigenvalue weighted by atomic mass is 32.1. The number of aromatic nitrogens is 2. The third-order valence-corrected chi connectivity index (χ3v) is 3.97. The van der Waals surface area contributed by atoms with E-state index in [4.69, 9.17) is 5.26 Å². The molecule has 1 N–H and O–H groups in total. The van der Waals surface area contributed by atoms with Crippen molar-refractivity contribution >= 4 is 17.0 Å². The lowest BCUT2D eigenvalue weighted by atomic mass is 10.3. The summed E-state index contributed by atoms with van der Waals surface area (Å²) < 4.78 is 2.03. The maximum Gasteiger partial charge on any atom is 0.100 e. The highest BCUT2D eigenvalue weighted by Crippen LogP contribution is 2.24. The molecule has 0 spiro atoms. The van der Waals surface area contributed by atoms with Gasteiger partial charge in [-0.3, -0.25) is 4.68 Å². The minimum atomic E-state index is 0.362. The minimum absolute atomic E-state index is 0.362. The highest BCUT2D eigenvalue weighted by Gasteiger charge is 2.13. The second kappa shape index (κ2) is 5.45. The Labute approximate surface area is 117 Å². The zero-order chi connectivity index (χ0) is 14.0. The number of hydrogen-bond acceptors (Lipinski definition) is 4. The molecule has 0 aliphatic heterocycles. The van der Waals surface area contributed by atoms with Crippen LogP contribution in [0.1, 0.15) is 41.7 Å². The lowest BCUT2D eigenvalue weighted by molar-refractivity contribution is 0.516. The molecular formula is C14H18N4S. The third-order valence-electron chi connectivity index (χ3n) is 3.04. The van der Waals surface area contributed by atoms with Crippen LogP contribution < -0.4 is 5.32 Å². The second-order valence-electron chi connectivity index (χ2n) is 4.85. The molecule has 0 aliphatic rings. The van der Waals surface area contributed by atoms with Gasteiger partial charge in [0.25, 0.3) is 0 Å². The molecule has 2 aromatic heterocycles. The van der Waals surface area contributed by atoms with E-state index in [9.17, 15) is 0 Å². The van der Waals surface area contributed by atoms with Crippen molar-refractivity contribution < 1.29 is 0 Å². The van der Waals surface area contributed by atoms with Crippen molar-refractivity contribution in [2.75, 3.05) is 5.32 Å². The Bertz CT molecular complexity index is 616. The van der Waals surface area contributed by atoms with Crippen molar-refractivity contribution in [3.63, 3.8) is 0 Å². The molecule has 4 nitrogen and oxygen atoms in total. The van der Waals surface area contributed by atoms with E-state index >= 15 is 0 Å². The Hall–Kier alpha value is -1.80. The third kappa shape index (κ3) is 2.79. The molecule has 0 unspecified atom stereocenters. The predicted octanol–water partition coefficient (Wildman–Crippen LogP) is 3.63. The minimum Gasteiger partial charge on any atom is -0.377 e. The van der Waals surface area contributed by atoms with Crippen molar-refractivity contribution in [3.8, 4) is 6.07 Å². The van der Waals surface area contributed by atoms with Gasteiger partial charge in [-0.25, -0.2) is 0 Å². The van der Waals surface area contributed by atoms with Crippen molar-refractivity contribution in [1.82, 2.24) is 9.78 Å². The molecule has 19 heavy (non-hydrogen) atoms. The zero-order valence-corrected chi connectivity index (χ0v) is 12.5. The Morgan fingerprint density at radius 3 is 2.74 bits per heavy atom. The molecule has 0 saturated heterocycles. The van der Waals surface area contributed by atoms with Gasteiger partial charge in [0.15, 0.2) is 0 Å². The Kier molecular flexibility index (Phi) is 3.91. The number of rotatable bonds is 4. The first-order valence-electron chi connectivity index (χ1n) is 6.30. The maximum absolute atomic E-state index is 8.81. The van der Waals surface area contributed by atoms with Crippen LogP contribution in [0.4, 0.5) is 5.69 Å². The quantitative estimate of drug-likeness (QED) is 0.926. The average molecular weight is 274 g/mol. The largest absolute Gasteiger partial charge is 0.377 e. The summed E-state index contributed by atoms with van der Waals surface area (Å²) in [6.07, 6.45) is 0. The first-order valence-corrected chi connectivity index (χ1v) is 7.18. The van der Waals surface area contributed by atoms with Crippen LogP contribution in [0.15, 0.2) is 11.4 Å². The van der Waals surface area contributed by atoms with Crippen molar-refractivity contribution in [2.45, 2.75) is 40.3 Å². The molecule has 0 aromatic carbocycles. The summed E-state index contributed by atoms with van der Waals surface area (Å²) in [6.45, 7) is 9.09. The van der Waals surface area contributed by atoms with Gasteiger partial charge in [0.2, 0.25) is 0 Å². The molecule has 0 bridgehead atoms. The fourth-order valence-corrected chi connectivity index (χ4v) is 2.88. The van der Waals surface area contributed by atoms with Gasteiger partial charge in [0, 0.05) is 22.8 Å². The smallest absolute Gasteiger partial charge is 0.100 e. The zero-order valence-electron chi connectivity index (χ0n) is 11.7. The molecule has 2 aromatic rings. The van der Waals surface area contributed by atoms with Crippen LogP contribution in [-0.4, -0.2) is 9.78 Å². The first kappa shape index (κ1) is 13.6. The summed E-state index contributed by atoms with van der Waals surface area (Å²) in [5, 5.41) is 18.7. The Morgan fingerprint density at radius 1 is 1.47 bits per heavy atom. The molecule has 0 aliphatic carbocycles. The molecule has 2 rings (SSSR count). The summed E-state index contributed by atoms with van der Waals surface area (Å²) in [7, 11) is 0. The van der Waals surface area contributed by atoms with Gasteiger partial charge < -0.3 is 5.32 Å². The number of nitrogens with zero attached hydrogens (tertiary/aromatic N) is 3. The summed E-state index contributed by atoms with van der Waals surface area (Å²) in [5.41, 5.74) is 4.00. The number of anilines is 1. The topological polar surface area (TPSA) is 53.6 Å². The summed E-state index contributed by atoms with van der Waals surface area (Å²) in [4.78, 5) is 1.16. The van der Waals surface area contributed by atoms with Crippen molar-refractivity contribution in [3.05, 3.63) is 33.3 Å². The van der Waals surface area contributed by atoms with Crippen molar-refractivity contribution in [1.29, 1.82) is 5.26 Å². The van der Waals surface area contributed by atoms with Crippen LogP contribution in [-0.2, 0) is 6.54 Å². The molecule has 100 valence electrons. The Balaban J connectivity index is 2.14. The van der Waals surface area contributed by atoms with E-state index in [1.807, 2.05) is 23.1 Å². The maximum atomic E-state index is 8.81. The van der Waals surface area contributed by atoms with Gasteiger partial charge in [-0.05, 0) is 33.8 Å². The second-order valence-corrected chi connectivity index (χ2v) is 5.85. The summed E-state index contributed by atoms with van der Waals surface area (Å²) >= 11 is 1.61. The van der Waals surface area contributed by atoms with Crippen LogP contribution in [0.3, 0.4) is 0 Å². The number of hydrogen-bond donors (Lipinski definition) is 1. The molecule has 2 heterocycles. The lowest BCUT2D eigenvalue weighted by Gasteiger charge is -2.09. The van der Waals surface area contributed by atoms with E-state index in [1.165, 1.54) is 0 Å². The molecular weight excluding hydrogens is 256 g/mol. The lowest BCUT2D eigenvalue weighted by Crippen LogP contribution is -2.05. The SMILES string of the molecule is Cc1nn(C(C)C)c(C)c1NCc1cc(C#N)cs1. The van der Waals surface area contributed by atoms with Crippen LogP contribution in [0.2, 0.25) is 0 Å². The van der Waals surface area contributed by atoms with Gasteiger partial charge in [0.05, 0.1) is 22.6 Å². The summed E-state index contributed by atoms with van der Waals surface area (Å²) in [5.74, 6) is 0. The highest BCUT2D eigenvalue weighted by molar-refractivity contribution is 7.10. The molecule has 0 radical (unpaired) electrons. The molecule has 0 atom stereocenters. The van der Waals surface area contributed by atoms with Gasteiger partial charge in [0.1, 0.15) is 6.07 Å². The fraction of sp³-hybridized carbons (Fsp3) is 0.429. The number of nitrogens with one attached hydrogen (secondary N) is 1. The van der Waals surface area contributed by atoms with Gasteiger partial charge in [-0.15, -0.1) is 11.3 Å². The molecule has 0 fully saturated rings. The predicted molar refractivity (Wildman–Crippen MR) is 78.4 cm³/mol. The normalized spacial score (nSPS) is 10.7. The van der Waals surface area contributed by atoms with E-state index in [0.717, 1.165) is 34.1 Å². The van der Waals surface area contributed by atoms with Gasteiger partial charge >= 0.3 is 0 Å². The van der Waals surface area contributed by atoms with E-state index in [2.05, 4.69) is 37.3 Å². The van der Waals surface area contributed by atoms with Crippen LogP contribution in [0.5, 0.6) is 0 Å². The van der Waals surface area contributed by atoms with E-state index in [-0.39, 0.29) is 0 Å². The van der Waals surface area contributed by atoms with Crippen molar-refractivity contribution in [2.24, 2.45) is 0 Å². The Morgan fingerprint density at radius 2 is 2.21 bits per heavy atom. The van der Waals surface area contributed by atoms with E-state index in [0.29, 0.717) is 6.04 Å². The standard InChI is InChI=1S/C14H18N4S/c1-9(2)18-11(4)14(10(3)17-18)16-7-13-5-12(6-15)8-19-13/h5,8-9,16H,7H2,1-4H3. The number of thiophene rings is 1. The van der Waals surface area contributed by atoms with Crippen LogP contribution in [0, 0.1) is 25.2 Å². The average Bonchev–Trinajstić information content (AvgIpc) is 2.93. The number of nitriles is 1. The first-order chi connectivity index (χ1) is 9.02. The van der Waals surface area contributed by atoms with Crippen LogP contribution in [0.25, 0.3) is 0 Å². The molecule has 0 amide bonds. The number of aryl methyl sites for hydroxylation is 1. The van der Waals surface area contributed by atoms with Gasteiger partial charge in [-0.1, -0.05) is 0 Å². The molecule has 5 heteroatoms.